The number of carbonyl (C=O) groups excluding carboxylic acids is 1. The maximum Gasteiger partial charge on any atom is 0.234 e. The van der Waals surface area contributed by atoms with E-state index in [1.54, 1.807) is 0 Å². The van der Waals surface area contributed by atoms with Crippen LogP contribution in [0.25, 0.3) is 0 Å². The first-order chi connectivity index (χ1) is 6.11. The van der Waals surface area contributed by atoms with Gasteiger partial charge in [-0.3, -0.25) is 9.69 Å². The SMILES string of the molecule is CC1CN(CC(N)CO)CC(=O)N1. The van der Waals surface area contributed by atoms with Gasteiger partial charge in [-0.1, -0.05) is 0 Å². The van der Waals surface area contributed by atoms with E-state index < -0.39 is 0 Å². The first kappa shape index (κ1) is 10.4. The fourth-order valence-electron chi connectivity index (χ4n) is 1.55. The predicted octanol–water partition coefficient (Wildman–Crippen LogP) is -1.87. The van der Waals surface area contributed by atoms with E-state index >= 15 is 0 Å². The number of amides is 1. The molecule has 1 aliphatic rings. The number of rotatable bonds is 3. The molecular formula is C8H17N3O2. The number of nitrogens with two attached hydrogens (primary N) is 1. The van der Waals surface area contributed by atoms with Crippen LogP contribution in [0.5, 0.6) is 0 Å². The molecule has 0 saturated carbocycles. The molecule has 0 spiro atoms. The van der Waals surface area contributed by atoms with Crippen molar-refractivity contribution < 1.29 is 9.90 Å². The topological polar surface area (TPSA) is 78.6 Å². The molecule has 1 amide bonds. The molecule has 5 heteroatoms. The van der Waals surface area contributed by atoms with E-state index in [2.05, 4.69) is 5.32 Å². The molecule has 5 nitrogen and oxygen atoms in total. The Hall–Kier alpha value is -0.650. The van der Waals surface area contributed by atoms with Gasteiger partial charge in [0.25, 0.3) is 0 Å². The molecule has 76 valence electrons. The fourth-order valence-corrected chi connectivity index (χ4v) is 1.55. The van der Waals surface area contributed by atoms with E-state index in [-0.39, 0.29) is 24.6 Å². The third-order valence-electron chi connectivity index (χ3n) is 2.03. The second-order valence-electron chi connectivity index (χ2n) is 3.61. The van der Waals surface area contributed by atoms with Gasteiger partial charge < -0.3 is 16.2 Å². The van der Waals surface area contributed by atoms with Crippen LogP contribution in [-0.4, -0.2) is 54.2 Å². The van der Waals surface area contributed by atoms with Gasteiger partial charge in [-0.2, -0.15) is 0 Å². The molecule has 0 aromatic heterocycles. The van der Waals surface area contributed by atoms with Crippen LogP contribution in [-0.2, 0) is 4.79 Å². The highest BCUT2D eigenvalue weighted by atomic mass is 16.3. The van der Waals surface area contributed by atoms with E-state index in [0.29, 0.717) is 13.1 Å². The molecule has 13 heavy (non-hydrogen) atoms. The Morgan fingerprint density at radius 2 is 2.54 bits per heavy atom. The van der Waals surface area contributed by atoms with Gasteiger partial charge in [-0.05, 0) is 6.92 Å². The summed E-state index contributed by atoms with van der Waals surface area (Å²) in [6, 6.07) is -0.0785. The second-order valence-corrected chi connectivity index (χ2v) is 3.61. The minimum Gasteiger partial charge on any atom is -0.395 e. The Balaban J connectivity index is 2.37. The van der Waals surface area contributed by atoms with Crippen LogP contribution in [0.3, 0.4) is 0 Å². The summed E-state index contributed by atoms with van der Waals surface area (Å²) in [6.45, 7) is 3.69. The van der Waals surface area contributed by atoms with Gasteiger partial charge in [0.2, 0.25) is 5.91 Å². The highest BCUT2D eigenvalue weighted by Crippen LogP contribution is 1.99. The first-order valence-corrected chi connectivity index (χ1v) is 4.50. The van der Waals surface area contributed by atoms with Gasteiger partial charge in [0.05, 0.1) is 13.2 Å². The molecule has 0 aliphatic carbocycles. The van der Waals surface area contributed by atoms with Gasteiger partial charge in [-0.15, -0.1) is 0 Å². The smallest absolute Gasteiger partial charge is 0.234 e. The van der Waals surface area contributed by atoms with Crippen LogP contribution >= 0.6 is 0 Å². The maximum atomic E-state index is 11.1. The number of aliphatic hydroxyl groups is 1. The van der Waals surface area contributed by atoms with Crippen LogP contribution < -0.4 is 11.1 Å². The normalized spacial score (nSPS) is 27.0. The van der Waals surface area contributed by atoms with Crippen LogP contribution in [0.4, 0.5) is 0 Å². The van der Waals surface area contributed by atoms with Gasteiger partial charge in [0.15, 0.2) is 0 Å². The van der Waals surface area contributed by atoms with Crippen molar-refractivity contribution in [1.29, 1.82) is 0 Å². The summed E-state index contributed by atoms with van der Waals surface area (Å²) in [4.78, 5) is 13.1. The summed E-state index contributed by atoms with van der Waals surface area (Å²) in [5, 5.41) is 11.6. The number of aliphatic hydroxyl groups excluding tert-OH is 1. The summed E-state index contributed by atoms with van der Waals surface area (Å²) in [7, 11) is 0. The number of nitrogens with zero attached hydrogens (tertiary/aromatic N) is 1. The van der Waals surface area contributed by atoms with Crippen molar-refractivity contribution >= 4 is 5.91 Å². The molecule has 0 aromatic rings. The van der Waals surface area contributed by atoms with E-state index in [1.807, 2.05) is 11.8 Å². The molecule has 1 rings (SSSR count). The quantitative estimate of drug-likeness (QED) is 0.483. The van der Waals surface area contributed by atoms with E-state index in [1.165, 1.54) is 0 Å². The Morgan fingerprint density at radius 3 is 3.08 bits per heavy atom. The lowest BCUT2D eigenvalue weighted by atomic mass is 10.2. The number of nitrogens with one attached hydrogen (secondary N) is 1. The molecule has 1 saturated heterocycles. The van der Waals surface area contributed by atoms with E-state index in [0.717, 1.165) is 6.54 Å². The lowest BCUT2D eigenvalue weighted by Crippen LogP contribution is -2.55. The molecule has 0 radical (unpaired) electrons. The minimum absolute atomic E-state index is 0.0314. The fraction of sp³-hybridized carbons (Fsp3) is 0.875. The average molecular weight is 187 g/mol. The number of carbonyl (C=O) groups is 1. The molecule has 4 N–H and O–H groups in total. The maximum absolute atomic E-state index is 11.1. The van der Waals surface area contributed by atoms with Gasteiger partial charge in [0.1, 0.15) is 0 Å². The van der Waals surface area contributed by atoms with Gasteiger partial charge in [0, 0.05) is 25.2 Å². The lowest BCUT2D eigenvalue weighted by Gasteiger charge is -2.32. The van der Waals surface area contributed by atoms with Crippen LogP contribution in [0.15, 0.2) is 0 Å². The Labute approximate surface area is 77.9 Å². The highest BCUT2D eigenvalue weighted by molar-refractivity contribution is 5.79. The van der Waals surface area contributed by atoms with Crippen molar-refractivity contribution in [1.82, 2.24) is 10.2 Å². The van der Waals surface area contributed by atoms with Gasteiger partial charge in [-0.25, -0.2) is 0 Å². The summed E-state index contributed by atoms with van der Waals surface area (Å²) >= 11 is 0. The summed E-state index contributed by atoms with van der Waals surface area (Å²) in [5.41, 5.74) is 5.57. The van der Waals surface area contributed by atoms with Crippen molar-refractivity contribution in [2.24, 2.45) is 5.73 Å². The minimum atomic E-state index is -0.252. The summed E-state index contributed by atoms with van der Waals surface area (Å²) < 4.78 is 0. The molecule has 1 fully saturated rings. The lowest BCUT2D eigenvalue weighted by molar-refractivity contribution is -0.125. The number of hydrogen-bond acceptors (Lipinski definition) is 4. The second kappa shape index (κ2) is 4.55. The molecule has 2 unspecified atom stereocenters. The van der Waals surface area contributed by atoms with Gasteiger partial charge >= 0.3 is 0 Å². The highest BCUT2D eigenvalue weighted by Gasteiger charge is 2.22. The number of hydrogen-bond donors (Lipinski definition) is 3. The zero-order valence-corrected chi connectivity index (χ0v) is 7.86. The standard InChI is InChI=1S/C8H17N3O2/c1-6-2-11(3-7(9)5-12)4-8(13)10-6/h6-7,12H,2-5,9H2,1H3,(H,10,13). The van der Waals surface area contributed by atoms with Crippen molar-refractivity contribution in [2.45, 2.75) is 19.0 Å². The largest absolute Gasteiger partial charge is 0.395 e. The third-order valence-corrected chi connectivity index (χ3v) is 2.03. The van der Waals surface area contributed by atoms with E-state index in [9.17, 15) is 4.79 Å². The average Bonchev–Trinajstić information content (AvgIpc) is 2.02. The Kier molecular flexibility index (Phi) is 3.65. The first-order valence-electron chi connectivity index (χ1n) is 4.50. The van der Waals surface area contributed by atoms with Crippen LogP contribution in [0.2, 0.25) is 0 Å². The van der Waals surface area contributed by atoms with E-state index in [4.69, 9.17) is 10.8 Å². The number of piperazine rings is 1. The van der Waals surface area contributed by atoms with Crippen LogP contribution in [0, 0.1) is 0 Å². The molecular weight excluding hydrogens is 170 g/mol. The molecule has 0 bridgehead atoms. The van der Waals surface area contributed by atoms with Crippen LogP contribution in [0.1, 0.15) is 6.92 Å². The molecule has 1 heterocycles. The zero-order chi connectivity index (χ0) is 9.84. The Morgan fingerprint density at radius 1 is 1.85 bits per heavy atom. The van der Waals surface area contributed by atoms with Crippen molar-refractivity contribution in [3.63, 3.8) is 0 Å². The molecule has 1 aliphatic heterocycles. The monoisotopic (exact) mass is 187 g/mol. The molecule has 0 aromatic carbocycles. The zero-order valence-electron chi connectivity index (χ0n) is 7.86. The van der Waals surface area contributed by atoms with Crippen molar-refractivity contribution in [3.05, 3.63) is 0 Å². The third kappa shape index (κ3) is 3.30. The summed E-state index contributed by atoms with van der Waals surface area (Å²) in [6.07, 6.45) is 0. The predicted molar refractivity (Wildman–Crippen MR) is 49.1 cm³/mol. The van der Waals surface area contributed by atoms with Crippen molar-refractivity contribution in [3.8, 4) is 0 Å². The van der Waals surface area contributed by atoms with Crippen molar-refractivity contribution in [2.75, 3.05) is 26.2 Å². The summed E-state index contributed by atoms with van der Waals surface area (Å²) in [5.74, 6) is 0.0314. The molecule has 2 atom stereocenters. The Bertz CT molecular complexity index is 186.